The second kappa shape index (κ2) is 5.74. The van der Waals surface area contributed by atoms with E-state index < -0.39 is 16.0 Å². The molecule has 0 radical (unpaired) electrons. The lowest BCUT2D eigenvalue weighted by molar-refractivity contribution is 0.0595. The third kappa shape index (κ3) is 3.01. The molecular weight excluding hydrogens is 296 g/mol. The highest BCUT2D eigenvalue weighted by Crippen LogP contribution is 2.27. The van der Waals surface area contributed by atoms with E-state index in [0.717, 1.165) is 5.56 Å². The molecule has 0 aliphatic heterocycles. The van der Waals surface area contributed by atoms with E-state index in [1.165, 1.54) is 21.0 Å². The monoisotopic (exact) mass is 312 g/mol. The van der Waals surface area contributed by atoms with Gasteiger partial charge in [-0.25, -0.2) is 17.9 Å². The SMILES string of the molecule is COC(=O)c1c(C)oc(C)c1S(=O)(=O)NCc1cc[nH]c1. The Kier molecular flexibility index (Phi) is 4.19. The molecule has 0 aliphatic carbocycles. The van der Waals surface area contributed by atoms with E-state index in [-0.39, 0.29) is 28.5 Å². The number of furan rings is 1. The van der Waals surface area contributed by atoms with Gasteiger partial charge in [-0.2, -0.15) is 0 Å². The average molecular weight is 312 g/mol. The molecule has 0 saturated carbocycles. The van der Waals surface area contributed by atoms with Crippen LogP contribution in [-0.4, -0.2) is 26.5 Å². The van der Waals surface area contributed by atoms with Gasteiger partial charge < -0.3 is 14.1 Å². The molecule has 0 aromatic carbocycles. The number of H-pyrrole nitrogens is 1. The lowest BCUT2D eigenvalue weighted by atomic mass is 10.2. The maximum atomic E-state index is 12.4. The highest BCUT2D eigenvalue weighted by molar-refractivity contribution is 7.89. The number of aromatic nitrogens is 1. The minimum Gasteiger partial charge on any atom is -0.465 e. The molecular formula is C13H16N2O5S. The van der Waals surface area contributed by atoms with Crippen molar-refractivity contribution in [3.63, 3.8) is 0 Å². The first kappa shape index (κ1) is 15.3. The predicted octanol–water partition coefficient (Wildman–Crippen LogP) is 1.49. The molecule has 0 saturated heterocycles. The van der Waals surface area contributed by atoms with Gasteiger partial charge in [-0.3, -0.25) is 0 Å². The van der Waals surface area contributed by atoms with Crippen LogP contribution in [0.25, 0.3) is 0 Å². The largest absolute Gasteiger partial charge is 0.465 e. The summed E-state index contributed by atoms with van der Waals surface area (Å²) in [5.74, 6) is -0.387. The molecule has 0 spiro atoms. The molecule has 114 valence electrons. The van der Waals surface area contributed by atoms with Crippen LogP contribution in [0.2, 0.25) is 0 Å². The smallest absolute Gasteiger partial charge is 0.342 e. The number of hydrogen-bond acceptors (Lipinski definition) is 5. The van der Waals surface area contributed by atoms with E-state index in [1.807, 2.05) is 0 Å². The van der Waals surface area contributed by atoms with Gasteiger partial charge in [0, 0.05) is 18.9 Å². The van der Waals surface area contributed by atoms with Gasteiger partial charge in [0.1, 0.15) is 22.0 Å². The van der Waals surface area contributed by atoms with Gasteiger partial charge in [-0.1, -0.05) is 0 Å². The van der Waals surface area contributed by atoms with Gasteiger partial charge in [-0.15, -0.1) is 0 Å². The number of esters is 1. The van der Waals surface area contributed by atoms with Crippen molar-refractivity contribution in [2.45, 2.75) is 25.3 Å². The zero-order valence-corrected chi connectivity index (χ0v) is 12.7. The molecule has 0 amide bonds. The molecule has 0 unspecified atom stereocenters. The average Bonchev–Trinajstić information content (AvgIpc) is 3.03. The van der Waals surface area contributed by atoms with E-state index in [0.29, 0.717) is 0 Å². The van der Waals surface area contributed by atoms with Crippen LogP contribution in [0.15, 0.2) is 27.8 Å². The minimum absolute atomic E-state index is 0.0726. The first-order valence-corrected chi connectivity index (χ1v) is 7.64. The van der Waals surface area contributed by atoms with Crippen LogP contribution in [0.3, 0.4) is 0 Å². The van der Waals surface area contributed by atoms with Crippen LogP contribution in [-0.2, 0) is 21.3 Å². The van der Waals surface area contributed by atoms with Crippen molar-refractivity contribution in [1.29, 1.82) is 0 Å². The number of sulfonamides is 1. The van der Waals surface area contributed by atoms with E-state index >= 15 is 0 Å². The van der Waals surface area contributed by atoms with Gasteiger partial charge in [0.2, 0.25) is 10.0 Å². The van der Waals surface area contributed by atoms with Crippen molar-refractivity contribution >= 4 is 16.0 Å². The molecule has 8 heteroatoms. The Bertz CT molecular complexity index is 744. The predicted molar refractivity (Wildman–Crippen MR) is 74.3 cm³/mol. The van der Waals surface area contributed by atoms with E-state index in [4.69, 9.17) is 4.42 Å². The molecule has 2 aromatic heterocycles. The van der Waals surface area contributed by atoms with Crippen molar-refractivity contribution in [3.8, 4) is 0 Å². The number of ether oxygens (including phenoxy) is 1. The second-order valence-corrected chi connectivity index (χ2v) is 6.16. The van der Waals surface area contributed by atoms with Crippen molar-refractivity contribution in [2.24, 2.45) is 0 Å². The molecule has 21 heavy (non-hydrogen) atoms. The molecule has 2 N–H and O–H groups in total. The maximum Gasteiger partial charge on any atom is 0.342 e. The summed E-state index contributed by atoms with van der Waals surface area (Å²) < 4.78 is 37.1. The number of rotatable bonds is 5. The lowest BCUT2D eigenvalue weighted by Gasteiger charge is -2.07. The molecule has 2 rings (SSSR count). The highest BCUT2D eigenvalue weighted by atomic mass is 32.2. The fourth-order valence-corrected chi connectivity index (χ4v) is 3.46. The van der Waals surface area contributed by atoms with Crippen LogP contribution >= 0.6 is 0 Å². The minimum atomic E-state index is -3.89. The van der Waals surface area contributed by atoms with Crippen molar-refractivity contribution < 1.29 is 22.4 Å². The molecule has 0 bridgehead atoms. The maximum absolute atomic E-state index is 12.4. The van der Waals surface area contributed by atoms with Gasteiger partial charge in [0.15, 0.2) is 0 Å². The van der Waals surface area contributed by atoms with E-state index in [9.17, 15) is 13.2 Å². The van der Waals surface area contributed by atoms with Gasteiger partial charge in [0.25, 0.3) is 0 Å². The molecule has 2 heterocycles. The number of carbonyl (C=O) groups is 1. The normalized spacial score (nSPS) is 11.6. The fraction of sp³-hybridized carbons (Fsp3) is 0.308. The quantitative estimate of drug-likeness (QED) is 0.814. The standard InChI is InChI=1S/C13H16N2O5S/c1-8-11(13(16)19-3)12(9(2)20-8)21(17,18)15-7-10-4-5-14-6-10/h4-6,14-15H,7H2,1-3H3. The summed E-state index contributed by atoms with van der Waals surface area (Å²) in [5.41, 5.74) is 0.702. The number of aromatic amines is 1. The van der Waals surface area contributed by atoms with Crippen molar-refractivity contribution in [1.82, 2.24) is 9.71 Å². The summed E-state index contributed by atoms with van der Waals surface area (Å²) in [7, 11) is -2.70. The topological polar surface area (TPSA) is 101 Å². The molecule has 0 atom stereocenters. The highest BCUT2D eigenvalue weighted by Gasteiger charge is 2.31. The Morgan fingerprint density at radius 1 is 1.38 bits per heavy atom. The Hall–Kier alpha value is -2.06. The van der Waals surface area contributed by atoms with E-state index in [1.54, 1.807) is 18.5 Å². The summed E-state index contributed by atoms with van der Waals surface area (Å²) in [6.07, 6.45) is 3.37. The van der Waals surface area contributed by atoms with Crippen molar-refractivity contribution in [2.75, 3.05) is 7.11 Å². The van der Waals surface area contributed by atoms with Crippen LogP contribution in [0.5, 0.6) is 0 Å². The van der Waals surface area contributed by atoms with Crippen LogP contribution in [0.1, 0.15) is 27.4 Å². The second-order valence-electron chi connectivity index (χ2n) is 4.45. The number of aryl methyl sites for hydroxylation is 2. The molecule has 0 fully saturated rings. The number of hydrogen-bond donors (Lipinski definition) is 2. The number of methoxy groups -OCH3 is 1. The Morgan fingerprint density at radius 2 is 2.10 bits per heavy atom. The first-order chi connectivity index (χ1) is 9.86. The lowest BCUT2D eigenvalue weighted by Crippen LogP contribution is -2.25. The van der Waals surface area contributed by atoms with Crippen LogP contribution in [0, 0.1) is 13.8 Å². The third-order valence-corrected chi connectivity index (χ3v) is 4.55. The Labute approximate surface area is 122 Å². The first-order valence-electron chi connectivity index (χ1n) is 6.16. The zero-order valence-electron chi connectivity index (χ0n) is 11.9. The Morgan fingerprint density at radius 3 is 2.67 bits per heavy atom. The molecule has 7 nitrogen and oxygen atoms in total. The summed E-state index contributed by atoms with van der Waals surface area (Å²) in [6, 6.07) is 1.75. The van der Waals surface area contributed by atoms with Gasteiger partial charge in [-0.05, 0) is 25.5 Å². The summed E-state index contributed by atoms with van der Waals surface area (Å²) in [5, 5.41) is 0. The summed E-state index contributed by atoms with van der Waals surface area (Å²) in [6.45, 7) is 3.12. The van der Waals surface area contributed by atoms with Crippen LogP contribution < -0.4 is 4.72 Å². The summed E-state index contributed by atoms with van der Waals surface area (Å²) >= 11 is 0. The Balaban J connectivity index is 2.37. The van der Waals surface area contributed by atoms with Gasteiger partial charge in [0.05, 0.1) is 7.11 Å². The molecule has 2 aromatic rings. The third-order valence-electron chi connectivity index (χ3n) is 2.99. The van der Waals surface area contributed by atoms with Crippen molar-refractivity contribution in [3.05, 3.63) is 41.1 Å². The molecule has 0 aliphatic rings. The van der Waals surface area contributed by atoms with E-state index in [2.05, 4.69) is 14.4 Å². The zero-order chi connectivity index (χ0) is 15.6. The fourth-order valence-electron chi connectivity index (χ4n) is 2.04. The van der Waals surface area contributed by atoms with Gasteiger partial charge >= 0.3 is 5.97 Å². The number of nitrogens with one attached hydrogen (secondary N) is 2. The van der Waals surface area contributed by atoms with Crippen LogP contribution in [0.4, 0.5) is 0 Å². The summed E-state index contributed by atoms with van der Waals surface area (Å²) in [4.78, 5) is 14.4. The number of carbonyl (C=O) groups excluding carboxylic acids is 1.